The first kappa shape index (κ1) is 15.1. The molecule has 0 aromatic heterocycles. The van der Waals surface area contributed by atoms with Crippen LogP contribution in [-0.4, -0.2) is 27.4 Å². The van der Waals surface area contributed by atoms with E-state index in [0.29, 0.717) is 17.7 Å². The number of rotatable bonds is 6. The Morgan fingerprint density at radius 3 is 2.47 bits per heavy atom. The molecule has 0 saturated heterocycles. The van der Waals surface area contributed by atoms with Crippen LogP contribution in [0.5, 0.6) is 0 Å². The Morgan fingerprint density at radius 1 is 1.32 bits per heavy atom. The maximum atomic E-state index is 11.7. The number of amides is 1. The van der Waals surface area contributed by atoms with Gasteiger partial charge in [0, 0.05) is 6.54 Å². The molecule has 1 rings (SSSR count). The number of carbonyl (C=O) groups is 1. The molecule has 0 atom stereocenters. The molecule has 1 amide bonds. The second-order valence-corrected chi connectivity index (χ2v) is 5.65. The Kier molecular flexibility index (Phi) is 5.48. The average molecular weight is 281 g/mol. The molecule has 102 valence electrons. The minimum absolute atomic E-state index is 0.224. The fraction of sp³-hybridized carbons (Fsp3) is 0.333. The number of sulfonamides is 1. The Balaban J connectivity index is 2.59. The van der Waals surface area contributed by atoms with Gasteiger partial charge in [0.25, 0.3) is 0 Å². The van der Waals surface area contributed by atoms with Crippen LogP contribution in [0.1, 0.15) is 18.1 Å². The first-order chi connectivity index (χ1) is 8.96. The maximum Gasteiger partial charge on any atom is 0.235 e. The van der Waals surface area contributed by atoms with Crippen LogP contribution in [0.15, 0.2) is 24.3 Å². The molecule has 0 aliphatic heterocycles. The van der Waals surface area contributed by atoms with E-state index in [2.05, 4.69) is 10.0 Å². The van der Waals surface area contributed by atoms with Crippen molar-refractivity contribution < 1.29 is 13.2 Å². The van der Waals surface area contributed by atoms with E-state index < -0.39 is 10.0 Å². The largest absolute Gasteiger partial charge is 0.355 e. The zero-order chi connectivity index (χ0) is 14.3. The minimum Gasteiger partial charge on any atom is -0.355 e. The number of likely N-dealkylation sites (N-methyl/N-ethyl adjacent to an activating group) is 1. The molecular formula is C12H15N3O3S. The Hall–Kier alpha value is -1.91. The van der Waals surface area contributed by atoms with Crippen LogP contribution < -0.4 is 10.0 Å². The highest BCUT2D eigenvalue weighted by atomic mass is 32.2. The molecular weight excluding hydrogens is 266 g/mol. The first-order valence-electron chi connectivity index (χ1n) is 5.70. The average Bonchev–Trinajstić information content (AvgIpc) is 2.37. The number of hydrogen-bond acceptors (Lipinski definition) is 4. The molecule has 0 aliphatic carbocycles. The maximum absolute atomic E-state index is 11.7. The highest BCUT2D eigenvalue weighted by Crippen LogP contribution is 2.06. The van der Waals surface area contributed by atoms with Crippen molar-refractivity contribution in [1.29, 1.82) is 5.26 Å². The van der Waals surface area contributed by atoms with E-state index in [-0.39, 0.29) is 18.2 Å². The molecule has 0 bridgehead atoms. The van der Waals surface area contributed by atoms with E-state index in [0.717, 1.165) is 0 Å². The summed E-state index contributed by atoms with van der Waals surface area (Å²) in [6.45, 7) is 1.94. The predicted molar refractivity (Wildman–Crippen MR) is 70.5 cm³/mol. The second-order valence-electron chi connectivity index (χ2n) is 3.84. The summed E-state index contributed by atoms with van der Waals surface area (Å²) < 4.78 is 25.6. The third-order valence-electron chi connectivity index (χ3n) is 2.27. The lowest BCUT2D eigenvalue weighted by atomic mass is 10.2. The highest BCUT2D eigenvalue weighted by Gasteiger charge is 2.13. The van der Waals surface area contributed by atoms with Gasteiger partial charge in [0.05, 0.1) is 23.9 Å². The molecule has 7 heteroatoms. The number of nitrogens with zero attached hydrogens (tertiary/aromatic N) is 1. The minimum atomic E-state index is -3.56. The number of nitrogens with one attached hydrogen (secondary N) is 2. The first-order valence-corrected chi connectivity index (χ1v) is 7.35. The zero-order valence-corrected chi connectivity index (χ0v) is 11.3. The summed E-state index contributed by atoms with van der Waals surface area (Å²) in [7, 11) is -3.56. The van der Waals surface area contributed by atoms with Crippen molar-refractivity contribution in [3.8, 4) is 6.07 Å². The molecule has 0 aliphatic rings. The summed E-state index contributed by atoms with van der Waals surface area (Å²) in [4.78, 5) is 11.2. The van der Waals surface area contributed by atoms with Gasteiger partial charge in [-0.2, -0.15) is 5.26 Å². The van der Waals surface area contributed by atoms with Crippen molar-refractivity contribution in [1.82, 2.24) is 10.0 Å². The van der Waals surface area contributed by atoms with Gasteiger partial charge in [-0.25, -0.2) is 13.1 Å². The van der Waals surface area contributed by atoms with E-state index in [1.165, 1.54) is 0 Å². The van der Waals surface area contributed by atoms with E-state index in [9.17, 15) is 13.2 Å². The number of benzene rings is 1. The van der Waals surface area contributed by atoms with Gasteiger partial charge in [-0.15, -0.1) is 0 Å². The van der Waals surface area contributed by atoms with Gasteiger partial charge >= 0.3 is 0 Å². The predicted octanol–water partition coefficient (Wildman–Crippen LogP) is 0.114. The molecule has 6 nitrogen and oxygen atoms in total. The fourth-order valence-electron chi connectivity index (χ4n) is 1.38. The lowest BCUT2D eigenvalue weighted by Gasteiger charge is -2.06. The second kappa shape index (κ2) is 6.87. The van der Waals surface area contributed by atoms with Gasteiger partial charge in [-0.1, -0.05) is 12.1 Å². The zero-order valence-electron chi connectivity index (χ0n) is 10.5. The molecule has 0 spiro atoms. The topological polar surface area (TPSA) is 99.1 Å². The number of carbonyl (C=O) groups excluding carboxylic acids is 1. The van der Waals surface area contributed by atoms with Gasteiger partial charge < -0.3 is 5.32 Å². The Labute approximate surface area is 112 Å². The summed E-state index contributed by atoms with van der Waals surface area (Å²) in [6.07, 6.45) is 0. The normalized spacial score (nSPS) is 10.7. The fourth-order valence-corrected chi connectivity index (χ4v) is 2.47. The summed E-state index contributed by atoms with van der Waals surface area (Å²) in [5, 5.41) is 11.1. The van der Waals surface area contributed by atoms with Crippen LogP contribution in [0.4, 0.5) is 0 Å². The molecule has 1 aromatic carbocycles. The van der Waals surface area contributed by atoms with Crippen LogP contribution in [0.3, 0.4) is 0 Å². The van der Waals surface area contributed by atoms with E-state index in [1.54, 1.807) is 31.2 Å². The Morgan fingerprint density at radius 2 is 1.95 bits per heavy atom. The Bertz CT molecular complexity index is 573. The third-order valence-corrected chi connectivity index (χ3v) is 3.56. The molecule has 1 aromatic rings. The SMILES string of the molecule is CCNC(=O)CNS(=O)(=O)Cc1ccc(C#N)cc1. The lowest BCUT2D eigenvalue weighted by Crippen LogP contribution is -2.37. The van der Waals surface area contributed by atoms with Gasteiger partial charge in [0.1, 0.15) is 0 Å². The molecule has 2 N–H and O–H groups in total. The van der Waals surface area contributed by atoms with Crippen LogP contribution in [-0.2, 0) is 20.6 Å². The van der Waals surface area contributed by atoms with Crippen LogP contribution in [0.25, 0.3) is 0 Å². The molecule has 0 saturated carbocycles. The summed E-state index contributed by atoms with van der Waals surface area (Å²) in [5.41, 5.74) is 1.03. The molecule has 19 heavy (non-hydrogen) atoms. The number of hydrogen-bond donors (Lipinski definition) is 2. The number of nitriles is 1. The van der Waals surface area contributed by atoms with Crippen molar-refractivity contribution in [3.63, 3.8) is 0 Å². The van der Waals surface area contributed by atoms with Crippen molar-refractivity contribution in [2.24, 2.45) is 0 Å². The van der Waals surface area contributed by atoms with Crippen molar-refractivity contribution >= 4 is 15.9 Å². The lowest BCUT2D eigenvalue weighted by molar-refractivity contribution is -0.119. The van der Waals surface area contributed by atoms with E-state index in [1.807, 2.05) is 6.07 Å². The molecule has 0 radical (unpaired) electrons. The monoisotopic (exact) mass is 281 g/mol. The van der Waals surface area contributed by atoms with Gasteiger partial charge in [-0.05, 0) is 24.6 Å². The quantitative estimate of drug-likeness (QED) is 0.773. The van der Waals surface area contributed by atoms with Crippen LogP contribution in [0, 0.1) is 11.3 Å². The smallest absolute Gasteiger partial charge is 0.235 e. The van der Waals surface area contributed by atoms with E-state index >= 15 is 0 Å². The van der Waals surface area contributed by atoms with Gasteiger partial charge in [-0.3, -0.25) is 4.79 Å². The van der Waals surface area contributed by atoms with Crippen molar-refractivity contribution in [3.05, 3.63) is 35.4 Å². The summed E-state index contributed by atoms with van der Waals surface area (Å²) >= 11 is 0. The van der Waals surface area contributed by atoms with Crippen molar-refractivity contribution in [2.75, 3.05) is 13.1 Å². The standard InChI is InChI=1S/C12H15N3O3S/c1-2-14-12(16)8-15-19(17,18)9-11-5-3-10(7-13)4-6-11/h3-6,15H,2,8-9H2,1H3,(H,14,16). The van der Waals surface area contributed by atoms with Gasteiger partial charge in [0.15, 0.2) is 0 Å². The van der Waals surface area contributed by atoms with Crippen LogP contribution in [0.2, 0.25) is 0 Å². The van der Waals surface area contributed by atoms with Gasteiger partial charge in [0.2, 0.25) is 15.9 Å². The molecule has 0 heterocycles. The van der Waals surface area contributed by atoms with E-state index in [4.69, 9.17) is 5.26 Å². The van der Waals surface area contributed by atoms with Crippen molar-refractivity contribution in [2.45, 2.75) is 12.7 Å². The summed E-state index contributed by atoms with van der Waals surface area (Å²) in [5.74, 6) is -0.594. The van der Waals surface area contributed by atoms with Crippen LogP contribution >= 0.6 is 0 Å². The summed E-state index contributed by atoms with van der Waals surface area (Å²) in [6, 6.07) is 8.20. The molecule has 0 unspecified atom stereocenters. The third kappa shape index (κ3) is 5.50. The highest BCUT2D eigenvalue weighted by molar-refractivity contribution is 7.88. The molecule has 0 fully saturated rings.